The second-order valence-corrected chi connectivity index (χ2v) is 6.61. The molecule has 22 heavy (non-hydrogen) atoms. The molecule has 1 aliphatic rings. The average Bonchev–Trinajstić information content (AvgIpc) is 3.24. The second-order valence-electron chi connectivity index (χ2n) is 5.83. The maximum absolute atomic E-state index is 5.86. The van der Waals surface area contributed by atoms with E-state index in [2.05, 4.69) is 33.6 Å². The van der Waals surface area contributed by atoms with Gasteiger partial charge in [0.15, 0.2) is 5.82 Å². The minimum Gasteiger partial charge on any atom is -0.486 e. The van der Waals surface area contributed by atoms with Crippen LogP contribution in [0, 0.1) is 0 Å². The first-order chi connectivity index (χ1) is 10.9. The van der Waals surface area contributed by atoms with Crippen LogP contribution in [0.2, 0.25) is 0 Å². The molecule has 1 saturated carbocycles. The van der Waals surface area contributed by atoms with Crippen molar-refractivity contribution in [2.75, 3.05) is 0 Å². The van der Waals surface area contributed by atoms with Crippen molar-refractivity contribution in [2.45, 2.75) is 38.2 Å². The van der Waals surface area contributed by atoms with Crippen molar-refractivity contribution >= 4 is 22.3 Å². The molecule has 0 N–H and O–H groups in total. The molecule has 3 nitrogen and oxygen atoms in total. The number of hydrogen-bond donors (Lipinski definition) is 0. The van der Waals surface area contributed by atoms with Crippen molar-refractivity contribution in [1.82, 2.24) is 9.36 Å². The second kappa shape index (κ2) is 6.05. The summed E-state index contributed by atoms with van der Waals surface area (Å²) < 4.78 is 10.3. The SMILES string of the molecule is c1ccc2cc(OCc3nsc(C4CCCC4)n3)ccc2c1. The number of benzene rings is 2. The van der Waals surface area contributed by atoms with Crippen molar-refractivity contribution in [2.24, 2.45) is 0 Å². The molecule has 0 radical (unpaired) electrons. The summed E-state index contributed by atoms with van der Waals surface area (Å²) in [5.74, 6) is 2.31. The van der Waals surface area contributed by atoms with Crippen molar-refractivity contribution in [3.05, 3.63) is 53.3 Å². The van der Waals surface area contributed by atoms with E-state index < -0.39 is 0 Å². The van der Waals surface area contributed by atoms with E-state index in [-0.39, 0.29) is 0 Å². The summed E-state index contributed by atoms with van der Waals surface area (Å²) in [6.07, 6.45) is 5.18. The molecule has 2 aromatic carbocycles. The van der Waals surface area contributed by atoms with Crippen LogP contribution in [0.15, 0.2) is 42.5 Å². The highest BCUT2D eigenvalue weighted by molar-refractivity contribution is 7.05. The van der Waals surface area contributed by atoms with Crippen LogP contribution in [0.5, 0.6) is 5.75 Å². The Balaban J connectivity index is 1.44. The molecule has 1 fully saturated rings. The van der Waals surface area contributed by atoms with Gasteiger partial charge in [0, 0.05) is 5.92 Å². The molecule has 4 heteroatoms. The van der Waals surface area contributed by atoms with Gasteiger partial charge in [-0.1, -0.05) is 43.2 Å². The minimum atomic E-state index is 0.446. The largest absolute Gasteiger partial charge is 0.486 e. The fraction of sp³-hybridized carbons (Fsp3) is 0.333. The summed E-state index contributed by atoms with van der Waals surface area (Å²) in [5, 5.41) is 3.61. The molecular formula is C18H18N2OS. The van der Waals surface area contributed by atoms with Gasteiger partial charge in [-0.25, -0.2) is 4.98 Å². The fourth-order valence-corrected chi connectivity index (χ4v) is 3.89. The first-order valence-corrected chi connectivity index (χ1v) is 8.60. The quantitative estimate of drug-likeness (QED) is 0.685. The van der Waals surface area contributed by atoms with Crippen molar-refractivity contribution in [3.8, 4) is 5.75 Å². The molecule has 0 bridgehead atoms. The van der Waals surface area contributed by atoms with Crippen LogP contribution in [0.4, 0.5) is 0 Å². The summed E-state index contributed by atoms with van der Waals surface area (Å²) >= 11 is 1.54. The first-order valence-electron chi connectivity index (χ1n) is 7.82. The molecular weight excluding hydrogens is 292 g/mol. The Bertz CT molecular complexity index is 777. The third-order valence-electron chi connectivity index (χ3n) is 4.28. The van der Waals surface area contributed by atoms with E-state index in [1.807, 2.05) is 18.2 Å². The molecule has 0 aliphatic heterocycles. The molecule has 1 aliphatic carbocycles. The highest BCUT2D eigenvalue weighted by Crippen LogP contribution is 2.34. The molecule has 4 rings (SSSR count). The molecule has 0 unspecified atom stereocenters. The van der Waals surface area contributed by atoms with E-state index in [9.17, 15) is 0 Å². The van der Waals surface area contributed by atoms with E-state index in [0.29, 0.717) is 12.5 Å². The Morgan fingerprint density at radius 1 is 1.05 bits per heavy atom. The lowest BCUT2D eigenvalue weighted by Gasteiger charge is -2.05. The van der Waals surface area contributed by atoms with Gasteiger partial charge < -0.3 is 4.74 Å². The number of rotatable bonds is 4. The lowest BCUT2D eigenvalue weighted by molar-refractivity contribution is 0.297. The van der Waals surface area contributed by atoms with Gasteiger partial charge in [-0.2, -0.15) is 4.37 Å². The van der Waals surface area contributed by atoms with E-state index in [1.165, 1.54) is 41.5 Å². The van der Waals surface area contributed by atoms with Crippen molar-refractivity contribution in [1.29, 1.82) is 0 Å². The number of ether oxygens (including phenoxy) is 1. The zero-order valence-corrected chi connectivity index (χ0v) is 13.2. The standard InChI is InChI=1S/C18H18N2OS/c1-4-8-15-11-16(10-9-13(15)5-1)21-12-17-19-18(22-20-17)14-6-2-3-7-14/h1,4-5,8-11,14H,2-3,6-7,12H2. The third-order valence-corrected chi connectivity index (χ3v) is 5.19. The van der Waals surface area contributed by atoms with E-state index in [0.717, 1.165) is 11.6 Å². The first kappa shape index (κ1) is 13.7. The number of aromatic nitrogens is 2. The van der Waals surface area contributed by atoms with Crippen LogP contribution in [0.1, 0.15) is 42.4 Å². The number of hydrogen-bond acceptors (Lipinski definition) is 4. The Morgan fingerprint density at radius 2 is 1.86 bits per heavy atom. The summed E-state index contributed by atoms with van der Waals surface area (Å²) in [6.45, 7) is 0.446. The van der Waals surface area contributed by atoms with Crippen LogP contribution in [-0.4, -0.2) is 9.36 Å². The Hall–Kier alpha value is -1.94. The molecule has 0 atom stereocenters. The third kappa shape index (κ3) is 2.83. The fourth-order valence-electron chi connectivity index (χ4n) is 3.07. The lowest BCUT2D eigenvalue weighted by Crippen LogP contribution is -1.98. The van der Waals surface area contributed by atoms with E-state index in [4.69, 9.17) is 4.74 Å². The average molecular weight is 310 g/mol. The van der Waals surface area contributed by atoms with Gasteiger partial charge in [-0.15, -0.1) is 0 Å². The van der Waals surface area contributed by atoms with Crippen molar-refractivity contribution in [3.63, 3.8) is 0 Å². The van der Waals surface area contributed by atoms with Crippen LogP contribution in [0.25, 0.3) is 10.8 Å². The topological polar surface area (TPSA) is 35.0 Å². The maximum atomic E-state index is 5.86. The molecule has 3 aromatic rings. The van der Waals surface area contributed by atoms with Gasteiger partial charge in [0.05, 0.1) is 0 Å². The zero-order valence-electron chi connectivity index (χ0n) is 12.4. The number of fused-ring (bicyclic) bond motifs is 1. The minimum absolute atomic E-state index is 0.446. The number of nitrogens with zero attached hydrogens (tertiary/aromatic N) is 2. The highest BCUT2D eigenvalue weighted by atomic mass is 32.1. The van der Waals surface area contributed by atoms with Gasteiger partial charge in [0.2, 0.25) is 0 Å². The summed E-state index contributed by atoms with van der Waals surface area (Å²) in [4.78, 5) is 4.65. The molecule has 0 amide bonds. The predicted molar refractivity (Wildman–Crippen MR) is 89.4 cm³/mol. The van der Waals surface area contributed by atoms with Crippen LogP contribution >= 0.6 is 11.5 Å². The van der Waals surface area contributed by atoms with Crippen LogP contribution < -0.4 is 4.74 Å². The summed E-state index contributed by atoms with van der Waals surface area (Å²) in [5.41, 5.74) is 0. The molecule has 0 spiro atoms. The van der Waals surface area contributed by atoms with Crippen molar-refractivity contribution < 1.29 is 4.74 Å². The zero-order chi connectivity index (χ0) is 14.8. The Morgan fingerprint density at radius 3 is 2.73 bits per heavy atom. The van der Waals surface area contributed by atoms with Gasteiger partial charge in [0.1, 0.15) is 17.4 Å². The normalized spacial score (nSPS) is 15.5. The molecule has 1 aromatic heterocycles. The lowest BCUT2D eigenvalue weighted by atomic mass is 10.1. The van der Waals surface area contributed by atoms with E-state index in [1.54, 1.807) is 11.5 Å². The monoisotopic (exact) mass is 310 g/mol. The molecule has 1 heterocycles. The van der Waals surface area contributed by atoms with Gasteiger partial charge >= 0.3 is 0 Å². The summed E-state index contributed by atoms with van der Waals surface area (Å²) in [7, 11) is 0. The van der Waals surface area contributed by atoms with Gasteiger partial charge in [0.25, 0.3) is 0 Å². The Kier molecular flexibility index (Phi) is 3.77. The van der Waals surface area contributed by atoms with Gasteiger partial charge in [-0.3, -0.25) is 0 Å². The molecule has 0 saturated heterocycles. The predicted octanol–water partition coefficient (Wildman–Crippen LogP) is 4.93. The summed E-state index contributed by atoms with van der Waals surface area (Å²) in [6, 6.07) is 14.5. The van der Waals surface area contributed by atoms with Gasteiger partial charge in [-0.05, 0) is 47.3 Å². The van der Waals surface area contributed by atoms with Crippen LogP contribution in [-0.2, 0) is 6.61 Å². The highest BCUT2D eigenvalue weighted by Gasteiger charge is 2.21. The van der Waals surface area contributed by atoms with E-state index >= 15 is 0 Å². The van der Waals surface area contributed by atoms with Crippen LogP contribution in [0.3, 0.4) is 0 Å². The Labute approximate surface area is 134 Å². The smallest absolute Gasteiger partial charge is 0.180 e. The maximum Gasteiger partial charge on any atom is 0.180 e. The molecule has 112 valence electrons.